The second-order valence-electron chi connectivity index (χ2n) is 5.41. The third-order valence-electron chi connectivity index (χ3n) is 4.11. The molecule has 1 aromatic rings. The standard InChI is InChI=1S/C15H17NO4/c17-14(11-5-12(15(18)19)16-7-11)13-6-9-3-1-2-4-10(9)8-20-13/h1-4,11-13,16H,5-8H2,(H,18,19)/t11?,12-,13?/m0/s1. The fourth-order valence-electron chi connectivity index (χ4n) is 2.93. The summed E-state index contributed by atoms with van der Waals surface area (Å²) in [5, 5.41) is 11.8. The molecule has 1 fully saturated rings. The summed E-state index contributed by atoms with van der Waals surface area (Å²) in [4.78, 5) is 23.3. The number of fused-ring (bicyclic) bond motifs is 1. The largest absolute Gasteiger partial charge is 0.480 e. The minimum atomic E-state index is -0.893. The Morgan fingerprint density at radius 2 is 2.00 bits per heavy atom. The maximum Gasteiger partial charge on any atom is 0.320 e. The Morgan fingerprint density at radius 3 is 2.70 bits per heavy atom. The van der Waals surface area contributed by atoms with Crippen LogP contribution in [0.5, 0.6) is 0 Å². The van der Waals surface area contributed by atoms with Gasteiger partial charge in [0.25, 0.3) is 0 Å². The Hall–Kier alpha value is -1.72. The molecule has 106 valence electrons. The van der Waals surface area contributed by atoms with Crippen molar-refractivity contribution < 1.29 is 19.4 Å². The van der Waals surface area contributed by atoms with Crippen LogP contribution in [0, 0.1) is 5.92 Å². The highest BCUT2D eigenvalue weighted by molar-refractivity contribution is 5.88. The van der Waals surface area contributed by atoms with E-state index in [2.05, 4.69) is 5.32 Å². The summed E-state index contributed by atoms with van der Waals surface area (Å²) in [7, 11) is 0. The molecule has 2 aliphatic rings. The Kier molecular flexibility index (Phi) is 3.54. The number of carboxylic acid groups (broad SMARTS) is 1. The maximum atomic E-state index is 12.4. The van der Waals surface area contributed by atoms with Gasteiger partial charge >= 0.3 is 5.97 Å². The highest BCUT2D eigenvalue weighted by Crippen LogP contribution is 2.25. The molecule has 0 bridgehead atoms. The predicted molar refractivity (Wildman–Crippen MR) is 71.3 cm³/mol. The summed E-state index contributed by atoms with van der Waals surface area (Å²) < 4.78 is 5.65. The molecule has 2 aliphatic heterocycles. The van der Waals surface area contributed by atoms with Crippen molar-refractivity contribution in [1.29, 1.82) is 0 Å². The molecule has 0 amide bonds. The number of hydrogen-bond acceptors (Lipinski definition) is 4. The molecule has 1 aromatic carbocycles. The van der Waals surface area contributed by atoms with Crippen LogP contribution in [0.25, 0.3) is 0 Å². The monoisotopic (exact) mass is 275 g/mol. The van der Waals surface area contributed by atoms with Crippen LogP contribution in [-0.4, -0.2) is 35.5 Å². The molecule has 2 heterocycles. The van der Waals surface area contributed by atoms with Gasteiger partial charge in [0.05, 0.1) is 6.61 Å². The van der Waals surface area contributed by atoms with Crippen molar-refractivity contribution in [2.24, 2.45) is 5.92 Å². The summed E-state index contributed by atoms with van der Waals surface area (Å²) >= 11 is 0. The molecular weight excluding hydrogens is 258 g/mol. The first-order valence-corrected chi connectivity index (χ1v) is 6.83. The van der Waals surface area contributed by atoms with Gasteiger partial charge in [-0.25, -0.2) is 0 Å². The van der Waals surface area contributed by atoms with Crippen molar-refractivity contribution in [2.45, 2.75) is 31.6 Å². The highest BCUT2D eigenvalue weighted by Gasteiger charge is 2.37. The van der Waals surface area contributed by atoms with Gasteiger partial charge in [0.15, 0.2) is 5.78 Å². The summed E-state index contributed by atoms with van der Waals surface area (Å²) in [6.45, 7) is 0.881. The van der Waals surface area contributed by atoms with Gasteiger partial charge in [0.1, 0.15) is 12.1 Å². The minimum Gasteiger partial charge on any atom is -0.480 e. The van der Waals surface area contributed by atoms with E-state index in [4.69, 9.17) is 9.84 Å². The van der Waals surface area contributed by atoms with Gasteiger partial charge < -0.3 is 15.2 Å². The number of rotatable bonds is 3. The van der Waals surface area contributed by atoms with E-state index in [0.717, 1.165) is 11.1 Å². The van der Waals surface area contributed by atoms with Crippen molar-refractivity contribution in [3.05, 3.63) is 35.4 Å². The van der Waals surface area contributed by atoms with Gasteiger partial charge in [-0.3, -0.25) is 9.59 Å². The van der Waals surface area contributed by atoms with Gasteiger partial charge in [-0.15, -0.1) is 0 Å². The molecular formula is C15H17NO4. The first kappa shape index (κ1) is 13.3. The van der Waals surface area contributed by atoms with Gasteiger partial charge in [0, 0.05) is 18.9 Å². The van der Waals surface area contributed by atoms with Crippen LogP contribution in [0.3, 0.4) is 0 Å². The lowest BCUT2D eigenvalue weighted by atomic mass is 9.90. The first-order chi connectivity index (χ1) is 9.65. The molecule has 0 radical (unpaired) electrons. The molecule has 5 nitrogen and oxygen atoms in total. The molecule has 20 heavy (non-hydrogen) atoms. The minimum absolute atomic E-state index is 0.0238. The number of hydrogen-bond donors (Lipinski definition) is 2. The Labute approximate surface area is 116 Å². The number of carbonyl (C=O) groups is 2. The van der Waals surface area contributed by atoms with Crippen molar-refractivity contribution in [3.8, 4) is 0 Å². The molecule has 3 atom stereocenters. The van der Waals surface area contributed by atoms with Crippen molar-refractivity contribution in [1.82, 2.24) is 5.32 Å². The van der Waals surface area contributed by atoms with E-state index in [1.807, 2.05) is 24.3 Å². The summed E-state index contributed by atoms with van der Waals surface area (Å²) in [6, 6.07) is 7.34. The third kappa shape index (κ3) is 2.46. The number of carbonyl (C=O) groups excluding carboxylic acids is 1. The fraction of sp³-hybridized carbons (Fsp3) is 0.467. The molecule has 0 aromatic heterocycles. The first-order valence-electron chi connectivity index (χ1n) is 6.83. The van der Waals surface area contributed by atoms with E-state index < -0.39 is 18.1 Å². The SMILES string of the molecule is O=C(C1CN[C@H](C(=O)O)C1)C1Cc2ccccc2CO1. The molecule has 0 saturated carbocycles. The highest BCUT2D eigenvalue weighted by atomic mass is 16.5. The average Bonchev–Trinajstić information content (AvgIpc) is 2.96. The molecule has 0 aliphatic carbocycles. The zero-order valence-corrected chi connectivity index (χ0v) is 11.0. The van der Waals surface area contributed by atoms with E-state index in [1.165, 1.54) is 0 Å². The second-order valence-corrected chi connectivity index (χ2v) is 5.41. The van der Waals surface area contributed by atoms with Crippen LogP contribution in [0.4, 0.5) is 0 Å². The second kappa shape index (κ2) is 5.34. The summed E-state index contributed by atoms with van der Waals surface area (Å²) in [5.41, 5.74) is 2.28. The van der Waals surface area contributed by atoms with Gasteiger partial charge in [-0.2, -0.15) is 0 Å². The topological polar surface area (TPSA) is 75.6 Å². The van der Waals surface area contributed by atoms with E-state index in [9.17, 15) is 9.59 Å². The number of nitrogens with one attached hydrogen (secondary N) is 1. The lowest BCUT2D eigenvalue weighted by molar-refractivity contribution is -0.139. The molecule has 1 saturated heterocycles. The number of aliphatic carboxylic acids is 1. The smallest absolute Gasteiger partial charge is 0.320 e. The Balaban J connectivity index is 1.66. The summed E-state index contributed by atoms with van der Waals surface area (Å²) in [6.07, 6.45) is 0.503. The van der Waals surface area contributed by atoms with Gasteiger partial charge in [0.2, 0.25) is 0 Å². The molecule has 2 N–H and O–H groups in total. The van der Waals surface area contributed by atoms with E-state index >= 15 is 0 Å². The van der Waals surface area contributed by atoms with Crippen LogP contribution in [0.2, 0.25) is 0 Å². The van der Waals surface area contributed by atoms with E-state index in [1.54, 1.807) is 0 Å². The van der Waals surface area contributed by atoms with Crippen molar-refractivity contribution in [2.75, 3.05) is 6.54 Å². The fourth-order valence-corrected chi connectivity index (χ4v) is 2.93. The Bertz CT molecular complexity index is 542. The number of ether oxygens (including phenoxy) is 1. The third-order valence-corrected chi connectivity index (χ3v) is 4.11. The zero-order chi connectivity index (χ0) is 14.1. The quantitative estimate of drug-likeness (QED) is 0.851. The predicted octanol–water partition coefficient (Wildman–Crippen LogP) is 0.760. The number of carboxylic acids is 1. The molecule has 3 rings (SSSR count). The van der Waals surface area contributed by atoms with Crippen LogP contribution in [-0.2, 0) is 27.4 Å². The lowest BCUT2D eigenvalue weighted by Gasteiger charge is -2.26. The van der Waals surface area contributed by atoms with Crippen molar-refractivity contribution >= 4 is 11.8 Å². The van der Waals surface area contributed by atoms with Gasteiger partial charge in [-0.1, -0.05) is 24.3 Å². The average molecular weight is 275 g/mol. The molecule has 2 unspecified atom stereocenters. The summed E-state index contributed by atoms with van der Waals surface area (Å²) in [5.74, 6) is -1.13. The molecule has 0 spiro atoms. The van der Waals surface area contributed by atoms with E-state index in [-0.39, 0.29) is 11.7 Å². The van der Waals surface area contributed by atoms with Crippen LogP contribution >= 0.6 is 0 Å². The van der Waals surface area contributed by atoms with Crippen molar-refractivity contribution in [3.63, 3.8) is 0 Å². The maximum absolute atomic E-state index is 12.4. The lowest BCUT2D eigenvalue weighted by Crippen LogP contribution is -2.36. The van der Waals surface area contributed by atoms with E-state index in [0.29, 0.717) is 26.0 Å². The van der Waals surface area contributed by atoms with Crippen LogP contribution in [0.1, 0.15) is 17.5 Å². The normalized spacial score (nSPS) is 28.9. The van der Waals surface area contributed by atoms with Crippen LogP contribution < -0.4 is 5.32 Å². The van der Waals surface area contributed by atoms with Crippen LogP contribution in [0.15, 0.2) is 24.3 Å². The number of ketones is 1. The van der Waals surface area contributed by atoms with Gasteiger partial charge in [-0.05, 0) is 17.5 Å². The number of Topliss-reactive ketones (excluding diaryl/α,β-unsaturated/α-hetero) is 1. The number of benzene rings is 1. The Morgan fingerprint density at radius 1 is 1.25 bits per heavy atom. The zero-order valence-electron chi connectivity index (χ0n) is 11.0. The molecule has 5 heteroatoms.